The third-order valence-corrected chi connectivity index (χ3v) is 8.24. The van der Waals surface area contributed by atoms with Crippen molar-refractivity contribution < 1.29 is 22.7 Å². The minimum Gasteiger partial charge on any atom is -0.497 e. The van der Waals surface area contributed by atoms with Crippen molar-refractivity contribution in [2.75, 3.05) is 18.0 Å². The highest BCUT2D eigenvalue weighted by atomic mass is 32.2. The normalized spacial score (nSPS) is 12.3. The van der Waals surface area contributed by atoms with Crippen LogP contribution in [-0.4, -0.2) is 50.4 Å². The van der Waals surface area contributed by atoms with Gasteiger partial charge in [0, 0.05) is 12.1 Å². The molecular formula is C31H39N3O5S. The molecule has 2 amide bonds. The highest BCUT2D eigenvalue weighted by molar-refractivity contribution is 7.92. The molecule has 0 saturated heterocycles. The smallest absolute Gasteiger partial charge is 0.264 e. The number of ether oxygens (including phenoxy) is 1. The molecule has 3 aromatic rings. The molecule has 0 fully saturated rings. The maximum absolute atomic E-state index is 14.1. The Morgan fingerprint density at radius 3 is 2.08 bits per heavy atom. The molecule has 0 radical (unpaired) electrons. The number of rotatable bonds is 11. The van der Waals surface area contributed by atoms with Gasteiger partial charge in [0.1, 0.15) is 18.3 Å². The fraction of sp³-hybridized carbons (Fsp3) is 0.355. The van der Waals surface area contributed by atoms with E-state index in [2.05, 4.69) is 5.32 Å². The number of hydrogen-bond acceptors (Lipinski definition) is 5. The Bertz CT molecular complexity index is 1400. The van der Waals surface area contributed by atoms with Crippen LogP contribution in [0.3, 0.4) is 0 Å². The first kappa shape index (κ1) is 30.7. The van der Waals surface area contributed by atoms with Gasteiger partial charge in [-0.1, -0.05) is 49.4 Å². The molecule has 1 atom stereocenters. The summed E-state index contributed by atoms with van der Waals surface area (Å²) in [6, 6.07) is 21.3. The van der Waals surface area contributed by atoms with E-state index in [1.807, 2.05) is 58.9 Å². The molecule has 1 N–H and O–H groups in total. The van der Waals surface area contributed by atoms with Gasteiger partial charge in [0.25, 0.3) is 10.0 Å². The summed E-state index contributed by atoms with van der Waals surface area (Å²) >= 11 is 0. The summed E-state index contributed by atoms with van der Waals surface area (Å²) in [5.74, 6) is -0.230. The quantitative estimate of drug-likeness (QED) is 0.356. The second-order valence-electron chi connectivity index (χ2n) is 10.6. The summed E-state index contributed by atoms with van der Waals surface area (Å²) in [7, 11) is -2.60. The zero-order valence-electron chi connectivity index (χ0n) is 24.0. The Morgan fingerprint density at radius 1 is 0.925 bits per heavy atom. The number of amides is 2. The molecule has 0 aliphatic rings. The predicted octanol–water partition coefficient (Wildman–Crippen LogP) is 4.92. The third-order valence-electron chi connectivity index (χ3n) is 6.46. The van der Waals surface area contributed by atoms with Crippen LogP contribution in [0.1, 0.15) is 45.2 Å². The molecule has 0 aliphatic carbocycles. The average molecular weight is 566 g/mol. The average Bonchev–Trinajstić information content (AvgIpc) is 2.92. The summed E-state index contributed by atoms with van der Waals surface area (Å²) in [6.07, 6.45) is 0.355. The van der Waals surface area contributed by atoms with Gasteiger partial charge < -0.3 is 15.0 Å². The molecule has 3 aromatic carbocycles. The van der Waals surface area contributed by atoms with E-state index in [-0.39, 0.29) is 17.3 Å². The van der Waals surface area contributed by atoms with E-state index >= 15 is 0 Å². The van der Waals surface area contributed by atoms with Crippen molar-refractivity contribution in [3.63, 3.8) is 0 Å². The number of anilines is 1. The third kappa shape index (κ3) is 7.63. The molecule has 0 aromatic heterocycles. The van der Waals surface area contributed by atoms with Crippen LogP contribution >= 0.6 is 0 Å². The highest BCUT2D eigenvalue weighted by Crippen LogP contribution is 2.27. The zero-order chi connectivity index (χ0) is 29.5. The van der Waals surface area contributed by atoms with Gasteiger partial charge in [-0.05, 0) is 81.6 Å². The molecule has 0 unspecified atom stereocenters. The number of aryl methyl sites for hydroxylation is 1. The van der Waals surface area contributed by atoms with Crippen LogP contribution in [0.5, 0.6) is 5.75 Å². The molecule has 8 nitrogen and oxygen atoms in total. The molecule has 0 aliphatic heterocycles. The lowest BCUT2D eigenvalue weighted by molar-refractivity contribution is -0.141. The van der Waals surface area contributed by atoms with E-state index in [0.717, 1.165) is 15.4 Å². The van der Waals surface area contributed by atoms with E-state index < -0.39 is 34.1 Å². The van der Waals surface area contributed by atoms with Crippen LogP contribution in [-0.2, 0) is 26.2 Å². The van der Waals surface area contributed by atoms with Gasteiger partial charge in [-0.3, -0.25) is 13.9 Å². The van der Waals surface area contributed by atoms with Crippen molar-refractivity contribution in [3.8, 4) is 5.75 Å². The number of carbonyl (C=O) groups excluding carboxylic acids is 2. The highest BCUT2D eigenvalue weighted by Gasteiger charge is 2.34. The summed E-state index contributed by atoms with van der Waals surface area (Å²) in [5.41, 5.74) is 1.64. The lowest BCUT2D eigenvalue weighted by atomic mass is 10.0. The Labute approximate surface area is 238 Å². The number of nitrogens with zero attached hydrogens (tertiary/aromatic N) is 2. The predicted molar refractivity (Wildman–Crippen MR) is 158 cm³/mol. The summed E-state index contributed by atoms with van der Waals surface area (Å²) in [6.45, 7) is 9.08. The Kier molecular flexibility index (Phi) is 9.98. The van der Waals surface area contributed by atoms with Crippen LogP contribution in [0.15, 0.2) is 83.8 Å². The number of nitrogens with one attached hydrogen (secondary N) is 1. The summed E-state index contributed by atoms with van der Waals surface area (Å²) < 4.78 is 34.1. The number of carbonyl (C=O) groups is 2. The van der Waals surface area contributed by atoms with Gasteiger partial charge in [-0.15, -0.1) is 0 Å². The van der Waals surface area contributed by atoms with Crippen molar-refractivity contribution in [2.45, 2.75) is 64.1 Å². The van der Waals surface area contributed by atoms with Crippen LogP contribution < -0.4 is 14.4 Å². The van der Waals surface area contributed by atoms with E-state index in [1.54, 1.807) is 42.5 Å². The molecule has 0 bridgehead atoms. The van der Waals surface area contributed by atoms with Crippen molar-refractivity contribution in [2.24, 2.45) is 0 Å². The lowest BCUT2D eigenvalue weighted by Gasteiger charge is -2.35. The van der Waals surface area contributed by atoms with Gasteiger partial charge >= 0.3 is 0 Å². The molecule has 0 spiro atoms. The fourth-order valence-electron chi connectivity index (χ4n) is 4.34. The Balaban J connectivity index is 2.07. The first-order valence-electron chi connectivity index (χ1n) is 13.2. The molecule has 0 heterocycles. The van der Waals surface area contributed by atoms with Crippen LogP contribution in [0.25, 0.3) is 0 Å². The first-order valence-corrected chi connectivity index (χ1v) is 14.7. The van der Waals surface area contributed by atoms with Gasteiger partial charge in [-0.25, -0.2) is 8.42 Å². The van der Waals surface area contributed by atoms with Crippen molar-refractivity contribution >= 4 is 27.5 Å². The van der Waals surface area contributed by atoms with E-state index in [1.165, 1.54) is 24.1 Å². The molecule has 3 rings (SSSR count). The monoisotopic (exact) mass is 565 g/mol. The van der Waals surface area contributed by atoms with Gasteiger partial charge in [-0.2, -0.15) is 0 Å². The van der Waals surface area contributed by atoms with E-state index in [4.69, 9.17) is 4.74 Å². The van der Waals surface area contributed by atoms with E-state index in [0.29, 0.717) is 17.9 Å². The maximum Gasteiger partial charge on any atom is 0.264 e. The topological polar surface area (TPSA) is 96.0 Å². The van der Waals surface area contributed by atoms with Crippen molar-refractivity contribution in [3.05, 3.63) is 90.0 Å². The van der Waals surface area contributed by atoms with Crippen LogP contribution in [0.4, 0.5) is 5.69 Å². The second kappa shape index (κ2) is 13.0. The minimum atomic E-state index is -4.12. The second-order valence-corrected chi connectivity index (χ2v) is 12.5. The van der Waals surface area contributed by atoms with Crippen LogP contribution in [0.2, 0.25) is 0 Å². The molecule has 9 heteroatoms. The zero-order valence-corrected chi connectivity index (χ0v) is 24.9. The van der Waals surface area contributed by atoms with Crippen molar-refractivity contribution in [1.82, 2.24) is 10.2 Å². The Morgan fingerprint density at radius 2 is 1.52 bits per heavy atom. The summed E-state index contributed by atoms with van der Waals surface area (Å²) in [4.78, 5) is 29.1. The largest absolute Gasteiger partial charge is 0.497 e. The molecule has 40 heavy (non-hydrogen) atoms. The first-order chi connectivity index (χ1) is 18.9. The molecule has 214 valence electrons. The summed E-state index contributed by atoms with van der Waals surface area (Å²) in [5, 5.41) is 2.98. The van der Waals surface area contributed by atoms with Crippen molar-refractivity contribution in [1.29, 1.82) is 0 Å². The number of benzene rings is 3. The molecular weight excluding hydrogens is 526 g/mol. The number of sulfonamides is 1. The number of hydrogen-bond donors (Lipinski definition) is 1. The number of methoxy groups -OCH3 is 1. The lowest BCUT2D eigenvalue weighted by Crippen LogP contribution is -2.55. The van der Waals surface area contributed by atoms with Crippen LogP contribution in [0, 0.1) is 6.92 Å². The van der Waals surface area contributed by atoms with Gasteiger partial charge in [0.05, 0.1) is 17.7 Å². The van der Waals surface area contributed by atoms with Gasteiger partial charge in [0.2, 0.25) is 11.8 Å². The Hall–Kier alpha value is -3.85. The minimum absolute atomic E-state index is 0.0570. The molecule has 0 saturated carbocycles. The maximum atomic E-state index is 14.1. The van der Waals surface area contributed by atoms with Gasteiger partial charge in [0.15, 0.2) is 0 Å². The fourth-order valence-corrected chi connectivity index (χ4v) is 5.78. The standard InChI is InChI=1S/C31H39N3O5S/c1-7-28(30(36)32-31(3,4)5)33(21-24-14-12-11-13-23(24)2)29(35)22-34(25-17-19-26(39-6)20-18-25)40(37,38)27-15-9-8-10-16-27/h8-20,28H,7,21-22H2,1-6H3,(H,32,36)/t28-/m0/s1. The SMILES string of the molecule is CC[C@@H](C(=O)NC(C)(C)C)N(Cc1ccccc1C)C(=O)CN(c1ccc(OC)cc1)S(=O)(=O)c1ccccc1. The van der Waals surface area contributed by atoms with E-state index in [9.17, 15) is 18.0 Å².